The van der Waals surface area contributed by atoms with E-state index in [0.29, 0.717) is 15.7 Å². The number of nitrogens with zero attached hydrogens (tertiary/aromatic N) is 3. The van der Waals surface area contributed by atoms with Crippen LogP contribution in [0.3, 0.4) is 0 Å². The lowest BCUT2D eigenvalue weighted by Gasteiger charge is -2.07. The number of aromatic nitrogens is 3. The molecule has 32 heavy (non-hydrogen) atoms. The van der Waals surface area contributed by atoms with Crippen molar-refractivity contribution in [3.8, 4) is 16.1 Å². The minimum absolute atomic E-state index is 0.115. The van der Waals surface area contributed by atoms with E-state index < -0.39 is 5.97 Å². The third kappa shape index (κ3) is 5.06. The first-order chi connectivity index (χ1) is 15.7. The van der Waals surface area contributed by atoms with Crippen molar-refractivity contribution in [1.82, 2.24) is 14.8 Å². The summed E-state index contributed by atoms with van der Waals surface area (Å²) in [6.07, 6.45) is 1.61. The second-order valence-corrected chi connectivity index (χ2v) is 8.59. The standard InChI is InChI=1S/C23H20N4O3S2/c1-2-30-22(29)21-18(13-19(32-21)16-9-5-3-6-10-16)25-20(28)14-31-23-26-24-15-27(23)17-11-7-4-8-12-17/h3-13,15H,2,14H2,1H3,(H,25,28). The average Bonchev–Trinajstić information content (AvgIpc) is 3.46. The number of hydrogen-bond acceptors (Lipinski definition) is 7. The number of esters is 1. The molecular weight excluding hydrogens is 444 g/mol. The van der Waals surface area contributed by atoms with Gasteiger partial charge in [0.05, 0.1) is 18.0 Å². The van der Waals surface area contributed by atoms with Crippen molar-refractivity contribution < 1.29 is 14.3 Å². The summed E-state index contributed by atoms with van der Waals surface area (Å²) in [4.78, 5) is 26.4. The fourth-order valence-electron chi connectivity index (χ4n) is 2.98. The van der Waals surface area contributed by atoms with E-state index in [9.17, 15) is 9.59 Å². The number of rotatable bonds is 8. The molecule has 7 nitrogen and oxygen atoms in total. The molecule has 0 saturated heterocycles. The fourth-order valence-corrected chi connectivity index (χ4v) is 4.72. The monoisotopic (exact) mass is 464 g/mol. The molecule has 0 atom stereocenters. The van der Waals surface area contributed by atoms with E-state index in [0.717, 1.165) is 16.1 Å². The van der Waals surface area contributed by atoms with Crippen LogP contribution in [0.1, 0.15) is 16.6 Å². The van der Waals surface area contributed by atoms with E-state index in [4.69, 9.17) is 4.74 Å². The number of hydrogen-bond donors (Lipinski definition) is 1. The van der Waals surface area contributed by atoms with Crippen LogP contribution in [0.4, 0.5) is 5.69 Å². The lowest BCUT2D eigenvalue weighted by Crippen LogP contribution is -2.16. The largest absolute Gasteiger partial charge is 0.462 e. The van der Waals surface area contributed by atoms with Crippen LogP contribution in [0.25, 0.3) is 16.1 Å². The van der Waals surface area contributed by atoms with Crippen molar-refractivity contribution in [2.24, 2.45) is 0 Å². The number of anilines is 1. The molecule has 4 rings (SSSR count). The third-order valence-electron chi connectivity index (χ3n) is 4.41. The zero-order valence-electron chi connectivity index (χ0n) is 17.2. The highest BCUT2D eigenvalue weighted by Gasteiger charge is 2.20. The highest BCUT2D eigenvalue weighted by atomic mass is 32.2. The van der Waals surface area contributed by atoms with E-state index in [1.165, 1.54) is 23.1 Å². The van der Waals surface area contributed by atoms with Gasteiger partial charge in [0.1, 0.15) is 11.2 Å². The molecule has 2 aromatic heterocycles. The lowest BCUT2D eigenvalue weighted by atomic mass is 10.2. The Bertz CT molecular complexity index is 1210. The van der Waals surface area contributed by atoms with Crippen LogP contribution in [0.2, 0.25) is 0 Å². The molecular formula is C23H20N4O3S2. The van der Waals surface area contributed by atoms with Crippen LogP contribution >= 0.6 is 23.1 Å². The Labute approximate surface area is 193 Å². The van der Waals surface area contributed by atoms with E-state index in [1.807, 2.05) is 65.2 Å². The molecule has 162 valence electrons. The van der Waals surface area contributed by atoms with Crippen LogP contribution < -0.4 is 5.32 Å². The van der Waals surface area contributed by atoms with Crippen molar-refractivity contribution in [2.45, 2.75) is 12.1 Å². The summed E-state index contributed by atoms with van der Waals surface area (Å²) in [5, 5.41) is 11.5. The molecule has 0 fully saturated rings. The average molecular weight is 465 g/mol. The molecule has 9 heteroatoms. The maximum atomic E-state index is 12.7. The van der Waals surface area contributed by atoms with Crippen LogP contribution in [0, 0.1) is 0 Å². The Morgan fingerprint density at radius 2 is 1.81 bits per heavy atom. The molecule has 2 heterocycles. The molecule has 0 bridgehead atoms. The van der Waals surface area contributed by atoms with Crippen molar-refractivity contribution in [2.75, 3.05) is 17.7 Å². The maximum Gasteiger partial charge on any atom is 0.350 e. The molecule has 1 amide bonds. The fraction of sp³-hybridized carbons (Fsp3) is 0.130. The first-order valence-corrected chi connectivity index (χ1v) is 11.7. The van der Waals surface area contributed by atoms with Gasteiger partial charge in [0.2, 0.25) is 5.91 Å². The molecule has 0 aliphatic carbocycles. The molecule has 0 spiro atoms. The van der Waals surface area contributed by atoms with Gasteiger partial charge in [-0.2, -0.15) is 0 Å². The number of carbonyl (C=O) groups excluding carboxylic acids is 2. The number of para-hydroxylation sites is 1. The second-order valence-electron chi connectivity index (χ2n) is 6.60. The van der Waals surface area contributed by atoms with Gasteiger partial charge in [0.25, 0.3) is 0 Å². The van der Waals surface area contributed by atoms with Gasteiger partial charge in [-0.1, -0.05) is 60.3 Å². The number of benzene rings is 2. The SMILES string of the molecule is CCOC(=O)c1sc(-c2ccccc2)cc1NC(=O)CSc1nncn1-c1ccccc1. The lowest BCUT2D eigenvalue weighted by molar-refractivity contribution is -0.113. The van der Waals surface area contributed by atoms with Crippen molar-refractivity contribution in [3.63, 3.8) is 0 Å². The highest BCUT2D eigenvalue weighted by molar-refractivity contribution is 7.99. The zero-order chi connectivity index (χ0) is 22.3. The van der Waals surface area contributed by atoms with E-state index in [1.54, 1.807) is 19.3 Å². The smallest absolute Gasteiger partial charge is 0.350 e. The molecule has 0 saturated carbocycles. The second kappa shape index (κ2) is 10.3. The number of thioether (sulfide) groups is 1. The molecule has 4 aromatic rings. The van der Waals surface area contributed by atoms with Gasteiger partial charge < -0.3 is 10.1 Å². The highest BCUT2D eigenvalue weighted by Crippen LogP contribution is 2.35. The molecule has 1 N–H and O–H groups in total. The first-order valence-electron chi connectivity index (χ1n) is 9.90. The Kier molecular flexibility index (Phi) is 6.98. The Morgan fingerprint density at radius 3 is 2.53 bits per heavy atom. The number of ether oxygens (including phenoxy) is 1. The van der Waals surface area contributed by atoms with Crippen LogP contribution in [0.5, 0.6) is 0 Å². The van der Waals surface area contributed by atoms with Gasteiger partial charge in [-0.25, -0.2) is 4.79 Å². The van der Waals surface area contributed by atoms with Gasteiger partial charge in [-0.05, 0) is 30.7 Å². The van der Waals surface area contributed by atoms with Crippen LogP contribution in [-0.2, 0) is 9.53 Å². The van der Waals surface area contributed by atoms with Crippen molar-refractivity contribution in [3.05, 3.63) is 77.9 Å². The van der Waals surface area contributed by atoms with Gasteiger partial charge >= 0.3 is 5.97 Å². The van der Waals surface area contributed by atoms with Gasteiger partial charge in [0, 0.05) is 10.6 Å². The molecule has 0 aliphatic heterocycles. The molecule has 0 unspecified atom stereocenters. The summed E-state index contributed by atoms with van der Waals surface area (Å²) >= 11 is 2.56. The van der Waals surface area contributed by atoms with Gasteiger partial charge in [-0.15, -0.1) is 21.5 Å². The summed E-state index contributed by atoms with van der Waals surface area (Å²) in [5.41, 5.74) is 2.33. The summed E-state index contributed by atoms with van der Waals surface area (Å²) in [6, 6.07) is 21.2. The number of thiophene rings is 1. The first kappa shape index (κ1) is 21.8. The number of nitrogens with one attached hydrogen (secondary N) is 1. The van der Waals surface area contributed by atoms with Crippen LogP contribution in [0.15, 0.2) is 78.2 Å². The topological polar surface area (TPSA) is 86.1 Å². The summed E-state index contributed by atoms with van der Waals surface area (Å²) < 4.78 is 7.00. The van der Waals surface area contributed by atoms with E-state index >= 15 is 0 Å². The summed E-state index contributed by atoms with van der Waals surface area (Å²) in [7, 11) is 0. The minimum atomic E-state index is -0.452. The Hall–Kier alpha value is -3.43. The maximum absolute atomic E-state index is 12.7. The normalized spacial score (nSPS) is 10.7. The van der Waals surface area contributed by atoms with Crippen molar-refractivity contribution >= 4 is 40.7 Å². The van der Waals surface area contributed by atoms with Gasteiger partial charge in [0.15, 0.2) is 5.16 Å². The summed E-state index contributed by atoms with van der Waals surface area (Å²) in [6.45, 7) is 2.01. The predicted molar refractivity (Wildman–Crippen MR) is 126 cm³/mol. The molecule has 0 radical (unpaired) electrons. The molecule has 2 aromatic carbocycles. The zero-order valence-corrected chi connectivity index (χ0v) is 18.9. The quantitative estimate of drug-likeness (QED) is 0.295. The third-order valence-corrected chi connectivity index (χ3v) is 6.52. The van der Waals surface area contributed by atoms with Crippen LogP contribution in [-0.4, -0.2) is 39.0 Å². The minimum Gasteiger partial charge on any atom is -0.462 e. The Balaban J connectivity index is 1.49. The summed E-state index contributed by atoms with van der Waals surface area (Å²) in [5.74, 6) is -0.586. The van der Waals surface area contributed by atoms with E-state index in [-0.39, 0.29) is 18.3 Å². The Morgan fingerprint density at radius 1 is 1.09 bits per heavy atom. The predicted octanol–water partition coefficient (Wildman–Crippen LogP) is 4.90. The number of carbonyl (C=O) groups is 2. The number of amides is 1. The van der Waals surface area contributed by atoms with Crippen molar-refractivity contribution in [1.29, 1.82) is 0 Å². The van der Waals surface area contributed by atoms with E-state index in [2.05, 4.69) is 15.5 Å². The van der Waals surface area contributed by atoms with Gasteiger partial charge in [-0.3, -0.25) is 9.36 Å². The molecule has 0 aliphatic rings.